The highest BCUT2D eigenvalue weighted by Crippen LogP contribution is 2.35. The summed E-state index contributed by atoms with van der Waals surface area (Å²) in [6, 6.07) is 14.4. The van der Waals surface area contributed by atoms with Crippen LogP contribution in [0.2, 0.25) is 0 Å². The van der Waals surface area contributed by atoms with Gasteiger partial charge in [0.1, 0.15) is 0 Å². The van der Waals surface area contributed by atoms with E-state index in [4.69, 9.17) is 4.52 Å². The van der Waals surface area contributed by atoms with Gasteiger partial charge in [-0.05, 0) is 43.5 Å². The molecule has 4 aromatic rings. The van der Waals surface area contributed by atoms with Crippen molar-refractivity contribution >= 4 is 21.5 Å². The molecule has 3 N–H and O–H groups in total. The van der Waals surface area contributed by atoms with Crippen molar-refractivity contribution in [2.45, 2.75) is 36.7 Å². The fraction of sp³-hybridized carbons (Fsp3) is 0.280. The molecule has 1 aliphatic rings. The maximum atomic E-state index is 12.4. The molecule has 11 heteroatoms. The quantitative estimate of drug-likeness (QED) is 0.340. The molecule has 5 rings (SSSR count). The van der Waals surface area contributed by atoms with E-state index in [0.29, 0.717) is 34.8 Å². The molecule has 0 radical (unpaired) electrons. The van der Waals surface area contributed by atoms with E-state index in [1.54, 1.807) is 25.3 Å². The second-order valence-electron chi connectivity index (χ2n) is 8.70. The van der Waals surface area contributed by atoms with Crippen molar-refractivity contribution in [2.24, 2.45) is 0 Å². The Morgan fingerprint density at radius 2 is 1.97 bits per heavy atom. The Labute approximate surface area is 208 Å². The molecule has 0 saturated carbocycles. The predicted molar refractivity (Wildman–Crippen MR) is 131 cm³/mol. The number of hydrogen-bond acceptors (Lipinski definition) is 10. The second kappa shape index (κ2) is 9.76. The maximum absolute atomic E-state index is 12.4. The molecule has 0 saturated heterocycles. The van der Waals surface area contributed by atoms with Crippen molar-refractivity contribution in [1.29, 1.82) is 0 Å². The summed E-state index contributed by atoms with van der Waals surface area (Å²) in [6.45, 7) is 1.63. The predicted octanol–water partition coefficient (Wildman–Crippen LogP) is 3.11. The number of aliphatic hydroxyl groups is 2. The second-order valence-corrected chi connectivity index (χ2v) is 10.8. The van der Waals surface area contributed by atoms with Gasteiger partial charge in [-0.15, -0.1) is 0 Å². The lowest BCUT2D eigenvalue weighted by Crippen LogP contribution is -2.20. The normalized spacial score (nSPS) is 17.4. The molecule has 0 bridgehead atoms. The van der Waals surface area contributed by atoms with E-state index in [2.05, 4.69) is 25.4 Å². The van der Waals surface area contributed by atoms with Gasteiger partial charge in [0.2, 0.25) is 5.95 Å². The number of sulfone groups is 1. The Balaban J connectivity index is 1.50. The Morgan fingerprint density at radius 1 is 1.17 bits per heavy atom. The van der Waals surface area contributed by atoms with Gasteiger partial charge in [-0.25, -0.2) is 18.4 Å². The molecule has 1 unspecified atom stereocenters. The number of anilines is 2. The van der Waals surface area contributed by atoms with Crippen LogP contribution in [0.15, 0.2) is 64.1 Å². The number of hydrogen-bond donors (Lipinski definition) is 3. The van der Waals surface area contributed by atoms with Crippen LogP contribution in [0.5, 0.6) is 0 Å². The molecule has 2 aromatic carbocycles. The smallest absolute Gasteiger partial charge is 0.261 e. The minimum Gasteiger partial charge on any atom is -0.396 e. The summed E-state index contributed by atoms with van der Waals surface area (Å²) in [4.78, 5) is 13.5. The minimum atomic E-state index is -3.41. The van der Waals surface area contributed by atoms with Crippen LogP contribution < -0.4 is 5.32 Å². The first kappa shape index (κ1) is 24.0. The largest absolute Gasteiger partial charge is 0.396 e. The van der Waals surface area contributed by atoms with Crippen LogP contribution in [0.4, 0.5) is 11.6 Å². The first-order valence-corrected chi connectivity index (χ1v) is 13.1. The van der Waals surface area contributed by atoms with E-state index < -0.39 is 15.9 Å². The van der Waals surface area contributed by atoms with Crippen molar-refractivity contribution in [1.82, 2.24) is 20.1 Å². The minimum absolute atomic E-state index is 0.0789. The molecular formula is C25H25N5O5S. The summed E-state index contributed by atoms with van der Waals surface area (Å²) < 4.78 is 30.1. The van der Waals surface area contributed by atoms with Gasteiger partial charge in [0.15, 0.2) is 15.7 Å². The van der Waals surface area contributed by atoms with Gasteiger partial charge in [0.05, 0.1) is 34.6 Å². The van der Waals surface area contributed by atoms with E-state index in [1.165, 1.54) is 6.07 Å². The lowest BCUT2D eigenvalue weighted by atomic mass is 9.93. The Hall–Kier alpha value is -3.67. The van der Waals surface area contributed by atoms with E-state index in [1.807, 2.05) is 30.3 Å². The van der Waals surface area contributed by atoms with E-state index in [9.17, 15) is 18.6 Å². The van der Waals surface area contributed by atoms with Crippen LogP contribution in [-0.4, -0.2) is 51.1 Å². The van der Waals surface area contributed by atoms with Crippen LogP contribution in [0.3, 0.4) is 0 Å². The first-order valence-electron chi connectivity index (χ1n) is 11.5. The van der Waals surface area contributed by atoms with Crippen LogP contribution >= 0.6 is 0 Å². The standard InChI is InChI=1S/C25H25N5O5S/c1-15-27-24(35-30-15)20-13-26-25(29-21(20)11-17(14-31)16-5-3-2-4-6-16)28-18-7-8-23-19(12-18)22(32)9-10-36(23,33)34/h2-8,12-13,17,22,31-32H,9-11,14H2,1H3,(H,26,28,29)/t17-,22?/m1/s1. The summed E-state index contributed by atoms with van der Waals surface area (Å²) >= 11 is 0. The molecule has 2 atom stereocenters. The van der Waals surface area contributed by atoms with E-state index in [0.717, 1.165) is 5.56 Å². The highest BCUT2D eigenvalue weighted by molar-refractivity contribution is 7.91. The zero-order chi connectivity index (χ0) is 25.3. The molecule has 3 heterocycles. The molecule has 186 valence electrons. The van der Waals surface area contributed by atoms with Crippen LogP contribution in [0.25, 0.3) is 11.5 Å². The van der Waals surface area contributed by atoms with Gasteiger partial charge in [0, 0.05) is 23.4 Å². The number of aliphatic hydroxyl groups excluding tert-OH is 2. The van der Waals surface area contributed by atoms with Gasteiger partial charge in [-0.3, -0.25) is 0 Å². The summed E-state index contributed by atoms with van der Waals surface area (Å²) in [7, 11) is -3.41. The van der Waals surface area contributed by atoms with Gasteiger partial charge in [-0.1, -0.05) is 35.5 Å². The zero-order valence-electron chi connectivity index (χ0n) is 19.5. The first-order chi connectivity index (χ1) is 17.3. The topological polar surface area (TPSA) is 151 Å². The molecule has 0 spiro atoms. The van der Waals surface area contributed by atoms with Crippen molar-refractivity contribution < 1.29 is 23.2 Å². The van der Waals surface area contributed by atoms with Crippen LogP contribution in [0.1, 0.15) is 41.1 Å². The van der Waals surface area contributed by atoms with Gasteiger partial charge >= 0.3 is 0 Å². The van der Waals surface area contributed by atoms with E-state index in [-0.39, 0.29) is 41.4 Å². The molecule has 2 aromatic heterocycles. The number of benzene rings is 2. The highest BCUT2D eigenvalue weighted by Gasteiger charge is 2.29. The molecule has 0 aliphatic carbocycles. The molecule has 0 amide bonds. The van der Waals surface area contributed by atoms with Crippen LogP contribution in [0, 0.1) is 6.92 Å². The Bertz CT molecular complexity index is 1490. The zero-order valence-corrected chi connectivity index (χ0v) is 20.3. The fourth-order valence-corrected chi connectivity index (χ4v) is 5.88. The molecule has 1 aliphatic heterocycles. The Morgan fingerprint density at radius 3 is 2.69 bits per heavy atom. The monoisotopic (exact) mass is 507 g/mol. The average Bonchev–Trinajstić information content (AvgIpc) is 3.31. The summed E-state index contributed by atoms with van der Waals surface area (Å²) in [5.74, 6) is 0.719. The Kier molecular flexibility index (Phi) is 6.52. The van der Waals surface area contributed by atoms with E-state index >= 15 is 0 Å². The number of rotatable bonds is 7. The van der Waals surface area contributed by atoms with Crippen molar-refractivity contribution in [2.75, 3.05) is 17.7 Å². The third kappa shape index (κ3) is 4.85. The van der Waals surface area contributed by atoms with Crippen LogP contribution in [-0.2, 0) is 16.3 Å². The van der Waals surface area contributed by atoms with Gasteiger partial charge in [-0.2, -0.15) is 4.98 Å². The number of aromatic nitrogens is 4. The third-order valence-electron chi connectivity index (χ3n) is 6.18. The average molecular weight is 508 g/mol. The van der Waals surface area contributed by atoms with Gasteiger partial charge < -0.3 is 20.1 Å². The van der Waals surface area contributed by atoms with Gasteiger partial charge in [0.25, 0.3) is 5.89 Å². The SMILES string of the molecule is Cc1noc(-c2cnc(Nc3ccc4c(c3)C(O)CCS4(=O)=O)nc2C[C@H](CO)c2ccccc2)n1. The van der Waals surface area contributed by atoms with Crippen molar-refractivity contribution in [3.05, 3.63) is 77.4 Å². The molecule has 10 nitrogen and oxygen atoms in total. The third-order valence-corrected chi connectivity index (χ3v) is 7.99. The molecule has 36 heavy (non-hydrogen) atoms. The number of fused-ring (bicyclic) bond motifs is 1. The number of nitrogens with one attached hydrogen (secondary N) is 1. The molecular weight excluding hydrogens is 482 g/mol. The maximum Gasteiger partial charge on any atom is 0.261 e. The summed E-state index contributed by atoms with van der Waals surface area (Å²) in [6.07, 6.45) is 1.26. The summed E-state index contributed by atoms with van der Waals surface area (Å²) in [5.41, 5.74) is 3.01. The number of aryl methyl sites for hydroxylation is 1. The summed E-state index contributed by atoms with van der Waals surface area (Å²) in [5, 5.41) is 27.4. The van der Waals surface area contributed by atoms with Crippen molar-refractivity contribution in [3.8, 4) is 11.5 Å². The lowest BCUT2D eigenvalue weighted by molar-refractivity contribution is 0.168. The highest BCUT2D eigenvalue weighted by atomic mass is 32.2. The fourth-order valence-electron chi connectivity index (χ4n) is 4.30. The number of nitrogens with zero attached hydrogens (tertiary/aromatic N) is 4. The lowest BCUT2D eigenvalue weighted by Gasteiger charge is -2.22. The van der Waals surface area contributed by atoms with Crippen molar-refractivity contribution in [3.63, 3.8) is 0 Å². The molecule has 0 fully saturated rings.